The number of aliphatic hydroxyl groups is 2. The summed E-state index contributed by atoms with van der Waals surface area (Å²) in [7, 11) is 0. The van der Waals surface area contributed by atoms with Crippen LogP contribution in [0, 0.1) is 5.41 Å². The smallest absolute Gasteiger partial charge is 0.0430 e. The van der Waals surface area contributed by atoms with Crippen LogP contribution in [-0.4, -0.2) is 23.4 Å². The number of hydrogen-bond acceptors (Lipinski definition) is 2. The molecule has 0 fully saturated rings. The molecule has 106 valence electrons. The standard InChI is InChI=1S/C5H12.C4H10O.C3H8O.2CH4/c1-5(2,3)4;1-2-3-4-5;1-2-3-4;;/h1-4H3;5H,2-4H2,1H3;4H,2-3H2,1H3;2*1H4. The Morgan fingerprint density at radius 3 is 1.00 bits per heavy atom. The van der Waals surface area contributed by atoms with E-state index in [4.69, 9.17) is 10.2 Å². The lowest BCUT2D eigenvalue weighted by Crippen LogP contribution is -1.93. The van der Waals surface area contributed by atoms with Crippen LogP contribution in [0.5, 0.6) is 0 Å². The van der Waals surface area contributed by atoms with Crippen LogP contribution in [0.2, 0.25) is 0 Å². The first-order chi connectivity index (χ1) is 6.33. The van der Waals surface area contributed by atoms with Crippen molar-refractivity contribution in [1.29, 1.82) is 0 Å². The number of unbranched alkanes of at least 4 members (excludes halogenated alkanes) is 1. The van der Waals surface area contributed by atoms with Crippen molar-refractivity contribution < 1.29 is 10.2 Å². The van der Waals surface area contributed by atoms with Gasteiger partial charge >= 0.3 is 0 Å². The molecule has 0 aromatic carbocycles. The Labute approximate surface area is 105 Å². The minimum atomic E-state index is 0. The summed E-state index contributed by atoms with van der Waals surface area (Å²) in [6, 6.07) is 0. The molecular weight excluding hydrogens is 200 g/mol. The Morgan fingerprint density at radius 1 is 0.750 bits per heavy atom. The predicted octanol–water partition coefficient (Wildman–Crippen LogP) is 4.49. The molecule has 16 heavy (non-hydrogen) atoms. The normalized spacial score (nSPS) is 8.25. The summed E-state index contributed by atoms with van der Waals surface area (Å²) in [6.45, 7) is 13.4. The van der Waals surface area contributed by atoms with Gasteiger partial charge in [-0.15, -0.1) is 0 Å². The van der Waals surface area contributed by atoms with Crippen LogP contribution in [0.3, 0.4) is 0 Å². The average molecular weight is 238 g/mol. The van der Waals surface area contributed by atoms with Crippen molar-refractivity contribution in [3.63, 3.8) is 0 Å². The summed E-state index contributed by atoms with van der Waals surface area (Å²) >= 11 is 0. The number of rotatable bonds is 3. The van der Waals surface area contributed by atoms with E-state index in [0.29, 0.717) is 18.6 Å². The quantitative estimate of drug-likeness (QED) is 0.760. The van der Waals surface area contributed by atoms with E-state index in [0.717, 1.165) is 19.3 Å². The van der Waals surface area contributed by atoms with Crippen LogP contribution in [0.15, 0.2) is 0 Å². The summed E-state index contributed by atoms with van der Waals surface area (Å²) in [6.07, 6.45) is 2.91. The molecule has 0 saturated carbocycles. The van der Waals surface area contributed by atoms with Gasteiger partial charge in [0.2, 0.25) is 0 Å². The average Bonchev–Trinajstić information content (AvgIpc) is 2.03. The zero-order valence-corrected chi connectivity index (χ0v) is 10.9. The minimum absolute atomic E-state index is 0. The van der Waals surface area contributed by atoms with Crippen LogP contribution >= 0.6 is 0 Å². The fourth-order valence-corrected chi connectivity index (χ4v) is 0.158. The van der Waals surface area contributed by atoms with Gasteiger partial charge in [0.15, 0.2) is 0 Å². The van der Waals surface area contributed by atoms with E-state index >= 15 is 0 Å². The Hall–Kier alpha value is -0.0800. The van der Waals surface area contributed by atoms with Gasteiger partial charge in [0.25, 0.3) is 0 Å². The zero-order chi connectivity index (χ0) is 12.0. The molecule has 0 aromatic heterocycles. The number of aliphatic hydroxyl groups excluding tert-OH is 2. The summed E-state index contributed by atoms with van der Waals surface area (Å²) in [5, 5.41) is 15.9. The van der Waals surface area contributed by atoms with Gasteiger partial charge in [0, 0.05) is 13.2 Å². The molecular formula is C14H38O2. The predicted molar refractivity (Wildman–Crippen MR) is 78.0 cm³/mol. The van der Waals surface area contributed by atoms with E-state index in [-0.39, 0.29) is 14.9 Å². The highest BCUT2D eigenvalue weighted by molar-refractivity contribution is 4.47. The van der Waals surface area contributed by atoms with E-state index in [2.05, 4.69) is 34.6 Å². The molecule has 2 nitrogen and oxygen atoms in total. The van der Waals surface area contributed by atoms with Crippen molar-refractivity contribution in [2.45, 2.75) is 75.7 Å². The topological polar surface area (TPSA) is 40.5 Å². The molecule has 0 unspecified atom stereocenters. The lowest BCUT2D eigenvalue weighted by Gasteiger charge is -2.05. The van der Waals surface area contributed by atoms with E-state index < -0.39 is 0 Å². The molecule has 0 spiro atoms. The Balaban J connectivity index is -0.0000000358. The molecule has 0 rings (SSSR count). The molecule has 0 amide bonds. The molecule has 0 saturated heterocycles. The Kier molecular flexibility index (Phi) is 45.0. The second kappa shape index (κ2) is 24.2. The second-order valence-corrected chi connectivity index (χ2v) is 4.80. The molecule has 0 bridgehead atoms. The zero-order valence-electron chi connectivity index (χ0n) is 10.9. The summed E-state index contributed by atoms with van der Waals surface area (Å²) in [5.41, 5.74) is 0.500. The van der Waals surface area contributed by atoms with Crippen molar-refractivity contribution in [2.75, 3.05) is 13.2 Å². The van der Waals surface area contributed by atoms with E-state index in [9.17, 15) is 0 Å². The Morgan fingerprint density at radius 2 is 1.00 bits per heavy atom. The first-order valence-corrected chi connectivity index (χ1v) is 5.55. The third kappa shape index (κ3) is 273. The monoisotopic (exact) mass is 238 g/mol. The van der Waals surface area contributed by atoms with Gasteiger partial charge in [-0.05, 0) is 18.3 Å². The molecule has 0 radical (unpaired) electrons. The molecule has 0 aliphatic carbocycles. The van der Waals surface area contributed by atoms with Crippen molar-refractivity contribution in [3.8, 4) is 0 Å². The maximum absolute atomic E-state index is 8.07. The number of hydrogen-bond donors (Lipinski definition) is 2. The van der Waals surface area contributed by atoms with Gasteiger partial charge in [-0.25, -0.2) is 0 Å². The molecule has 0 heterocycles. The molecule has 0 aliphatic rings. The largest absolute Gasteiger partial charge is 0.396 e. The first kappa shape index (κ1) is 29.7. The van der Waals surface area contributed by atoms with Gasteiger partial charge in [-0.3, -0.25) is 0 Å². The lowest BCUT2D eigenvalue weighted by atomic mass is 10.0. The highest BCUT2D eigenvalue weighted by Gasteiger charge is 1.95. The summed E-state index contributed by atoms with van der Waals surface area (Å²) in [5.74, 6) is 0. The second-order valence-electron chi connectivity index (χ2n) is 4.80. The van der Waals surface area contributed by atoms with Crippen LogP contribution in [0.4, 0.5) is 0 Å². The van der Waals surface area contributed by atoms with E-state index in [1.165, 1.54) is 0 Å². The van der Waals surface area contributed by atoms with Crippen LogP contribution in [-0.2, 0) is 0 Å². The van der Waals surface area contributed by atoms with Gasteiger partial charge in [-0.1, -0.05) is 62.8 Å². The third-order valence-electron chi connectivity index (χ3n) is 0.735. The molecule has 2 N–H and O–H groups in total. The van der Waals surface area contributed by atoms with Crippen molar-refractivity contribution >= 4 is 0 Å². The highest BCUT2D eigenvalue weighted by Crippen LogP contribution is 2.08. The molecule has 0 aromatic rings. The molecule has 0 aliphatic heterocycles. The van der Waals surface area contributed by atoms with Crippen LogP contribution in [0.1, 0.15) is 75.7 Å². The van der Waals surface area contributed by atoms with Gasteiger partial charge in [0.05, 0.1) is 0 Å². The minimum Gasteiger partial charge on any atom is -0.396 e. The SMILES string of the molecule is C.C.CC(C)(C)C.CCCCO.CCCO. The van der Waals surface area contributed by atoms with Crippen molar-refractivity contribution in [2.24, 2.45) is 5.41 Å². The van der Waals surface area contributed by atoms with E-state index in [1.54, 1.807) is 0 Å². The van der Waals surface area contributed by atoms with Gasteiger partial charge in [-0.2, -0.15) is 0 Å². The van der Waals surface area contributed by atoms with Crippen molar-refractivity contribution in [3.05, 3.63) is 0 Å². The fraction of sp³-hybridized carbons (Fsp3) is 1.00. The van der Waals surface area contributed by atoms with Crippen LogP contribution < -0.4 is 0 Å². The Bertz CT molecular complexity index is 65.3. The van der Waals surface area contributed by atoms with Crippen LogP contribution in [0.25, 0.3) is 0 Å². The lowest BCUT2D eigenvalue weighted by molar-refractivity contribution is 0.287. The summed E-state index contributed by atoms with van der Waals surface area (Å²) in [4.78, 5) is 0. The maximum atomic E-state index is 8.07. The van der Waals surface area contributed by atoms with E-state index in [1.807, 2.05) is 6.92 Å². The molecule has 2 heteroatoms. The highest BCUT2D eigenvalue weighted by atomic mass is 16.3. The fourth-order valence-electron chi connectivity index (χ4n) is 0.158. The summed E-state index contributed by atoms with van der Waals surface area (Å²) < 4.78 is 0. The molecule has 0 atom stereocenters. The van der Waals surface area contributed by atoms with Gasteiger partial charge in [0.1, 0.15) is 0 Å². The third-order valence-corrected chi connectivity index (χ3v) is 0.735. The van der Waals surface area contributed by atoms with Crippen molar-refractivity contribution in [1.82, 2.24) is 0 Å². The van der Waals surface area contributed by atoms with Gasteiger partial charge < -0.3 is 10.2 Å². The first-order valence-electron chi connectivity index (χ1n) is 5.55. The maximum Gasteiger partial charge on any atom is 0.0430 e.